The maximum Gasteiger partial charge on any atom is 0.416 e. The van der Waals surface area contributed by atoms with E-state index in [1.165, 1.54) is 51.0 Å². The lowest BCUT2D eigenvalue weighted by Gasteiger charge is -2.22. The van der Waals surface area contributed by atoms with E-state index in [-0.39, 0.29) is 5.52 Å². The lowest BCUT2D eigenvalue weighted by Crippen LogP contribution is -2.27. The average molecular weight is 880 g/mol. The SMILES string of the molecule is FC(F)(F)c1ccc2c(c1)nc(-c1cccc3c1c(Cl)cn3CCCCC1CCNCC1)n2-c1ccc2nc(-c3cccc4c3c(Cl)cn4CCCCC3CCNCC3)[nH]c2c1. The molecular formula is C49H51Cl2F3N8. The van der Waals surface area contributed by atoms with E-state index in [1.807, 2.05) is 59.4 Å². The van der Waals surface area contributed by atoms with Crippen molar-refractivity contribution >= 4 is 67.1 Å². The molecule has 2 aliphatic heterocycles. The van der Waals surface area contributed by atoms with Crippen molar-refractivity contribution < 1.29 is 13.2 Å². The van der Waals surface area contributed by atoms with Gasteiger partial charge in [-0.05, 0) is 125 Å². The summed E-state index contributed by atoms with van der Waals surface area (Å²) < 4.78 is 48.6. The van der Waals surface area contributed by atoms with Crippen molar-refractivity contribution in [3.63, 3.8) is 0 Å². The van der Waals surface area contributed by atoms with Crippen LogP contribution in [0.25, 0.3) is 72.3 Å². The minimum atomic E-state index is -4.52. The van der Waals surface area contributed by atoms with Crippen molar-refractivity contribution in [3.8, 4) is 28.5 Å². The van der Waals surface area contributed by atoms with Gasteiger partial charge >= 0.3 is 6.18 Å². The maximum absolute atomic E-state index is 14.1. The molecule has 2 fully saturated rings. The molecule has 2 saturated heterocycles. The fourth-order valence-electron chi connectivity index (χ4n) is 10.1. The van der Waals surface area contributed by atoms with E-state index < -0.39 is 11.7 Å². The number of imidazole rings is 2. The molecule has 4 aromatic heterocycles. The van der Waals surface area contributed by atoms with Crippen molar-refractivity contribution in [1.29, 1.82) is 0 Å². The van der Waals surface area contributed by atoms with Gasteiger partial charge in [0, 0.05) is 53.1 Å². The molecule has 0 spiro atoms. The van der Waals surface area contributed by atoms with Crippen molar-refractivity contribution in [2.45, 2.75) is 83.5 Å². The highest BCUT2D eigenvalue weighted by Gasteiger charge is 2.32. The van der Waals surface area contributed by atoms with Gasteiger partial charge in [0.2, 0.25) is 0 Å². The van der Waals surface area contributed by atoms with Crippen LogP contribution >= 0.6 is 23.2 Å². The normalized spacial score (nSPS) is 15.9. The van der Waals surface area contributed by atoms with Crippen LogP contribution in [0.4, 0.5) is 13.2 Å². The van der Waals surface area contributed by atoms with Crippen LogP contribution in [-0.4, -0.2) is 54.8 Å². The fourth-order valence-corrected chi connectivity index (χ4v) is 10.7. The van der Waals surface area contributed by atoms with Crippen LogP contribution < -0.4 is 10.6 Å². The molecule has 6 heterocycles. The third-order valence-electron chi connectivity index (χ3n) is 13.4. The van der Waals surface area contributed by atoms with Gasteiger partial charge in [-0.15, -0.1) is 0 Å². The molecule has 0 unspecified atom stereocenters. The summed E-state index contributed by atoms with van der Waals surface area (Å²) in [6, 6.07) is 21.8. The van der Waals surface area contributed by atoms with Gasteiger partial charge in [-0.2, -0.15) is 13.2 Å². The van der Waals surface area contributed by atoms with E-state index in [9.17, 15) is 13.2 Å². The summed E-state index contributed by atoms with van der Waals surface area (Å²) >= 11 is 14.0. The van der Waals surface area contributed by atoms with E-state index in [2.05, 4.69) is 36.9 Å². The molecule has 13 heteroatoms. The zero-order valence-electron chi connectivity index (χ0n) is 34.7. The quantitative estimate of drug-likeness (QED) is 0.101. The molecule has 8 aromatic rings. The number of hydrogen-bond donors (Lipinski definition) is 3. The molecule has 0 radical (unpaired) electrons. The number of nitrogens with one attached hydrogen (secondary N) is 3. The van der Waals surface area contributed by atoms with Crippen molar-refractivity contribution in [1.82, 2.24) is 39.3 Å². The number of hydrogen-bond acceptors (Lipinski definition) is 4. The lowest BCUT2D eigenvalue weighted by atomic mass is 9.92. The van der Waals surface area contributed by atoms with Crippen molar-refractivity contribution in [2.24, 2.45) is 11.8 Å². The molecule has 0 aliphatic carbocycles. The number of unbranched alkanes of at least 4 members (excludes halogenated alkanes) is 2. The van der Waals surface area contributed by atoms with Crippen LogP contribution in [0.3, 0.4) is 0 Å². The number of aryl methyl sites for hydroxylation is 2. The van der Waals surface area contributed by atoms with E-state index >= 15 is 0 Å². The van der Waals surface area contributed by atoms with E-state index in [0.717, 1.165) is 132 Å². The van der Waals surface area contributed by atoms with Crippen LogP contribution in [0.2, 0.25) is 10.0 Å². The van der Waals surface area contributed by atoms with Crippen molar-refractivity contribution in [2.75, 3.05) is 26.2 Å². The number of nitrogens with zero attached hydrogens (tertiary/aromatic N) is 5. The fraction of sp³-hybridized carbons (Fsp3) is 0.388. The summed E-state index contributed by atoms with van der Waals surface area (Å²) in [6.07, 6.45) is 11.5. The first-order chi connectivity index (χ1) is 30.2. The summed E-state index contributed by atoms with van der Waals surface area (Å²) in [5.74, 6) is 2.79. The predicted molar refractivity (Wildman–Crippen MR) is 246 cm³/mol. The smallest absolute Gasteiger partial charge is 0.346 e. The first kappa shape index (κ1) is 41.2. The van der Waals surface area contributed by atoms with Gasteiger partial charge in [-0.3, -0.25) is 4.57 Å². The molecule has 0 saturated carbocycles. The Morgan fingerprint density at radius 3 is 1.84 bits per heavy atom. The third kappa shape index (κ3) is 8.13. The number of fused-ring (bicyclic) bond motifs is 4. The highest BCUT2D eigenvalue weighted by atomic mass is 35.5. The molecule has 322 valence electrons. The summed E-state index contributed by atoms with van der Waals surface area (Å²) in [4.78, 5) is 13.5. The van der Waals surface area contributed by atoms with Gasteiger partial charge in [-0.25, -0.2) is 9.97 Å². The Labute approximate surface area is 368 Å². The van der Waals surface area contributed by atoms with Gasteiger partial charge in [0.15, 0.2) is 0 Å². The minimum Gasteiger partial charge on any atom is -0.346 e. The summed E-state index contributed by atoms with van der Waals surface area (Å²) in [5.41, 5.74) is 5.98. The van der Waals surface area contributed by atoms with E-state index in [1.54, 1.807) is 0 Å². The van der Waals surface area contributed by atoms with Crippen LogP contribution in [0.1, 0.15) is 69.8 Å². The van der Waals surface area contributed by atoms with E-state index in [4.69, 9.17) is 33.2 Å². The zero-order valence-corrected chi connectivity index (χ0v) is 36.2. The number of aromatic amines is 1. The molecular weight excluding hydrogens is 828 g/mol. The topological polar surface area (TPSA) is 80.4 Å². The highest BCUT2D eigenvalue weighted by molar-refractivity contribution is 6.37. The second-order valence-corrected chi connectivity index (χ2v) is 18.2. The Kier molecular flexibility index (Phi) is 11.6. The van der Waals surface area contributed by atoms with Gasteiger partial charge in [0.1, 0.15) is 11.6 Å². The monoisotopic (exact) mass is 878 g/mol. The Morgan fingerprint density at radius 1 is 0.629 bits per heavy atom. The predicted octanol–water partition coefficient (Wildman–Crippen LogP) is 12.8. The van der Waals surface area contributed by atoms with Crippen LogP contribution in [-0.2, 0) is 19.3 Å². The molecule has 0 atom stereocenters. The average Bonchev–Trinajstić information content (AvgIpc) is 4.05. The summed E-state index contributed by atoms with van der Waals surface area (Å²) in [5, 5.41) is 9.95. The van der Waals surface area contributed by atoms with E-state index in [0.29, 0.717) is 27.2 Å². The molecule has 62 heavy (non-hydrogen) atoms. The molecule has 3 N–H and O–H groups in total. The molecule has 10 rings (SSSR count). The van der Waals surface area contributed by atoms with Gasteiger partial charge in [-0.1, -0.05) is 73.2 Å². The molecule has 8 nitrogen and oxygen atoms in total. The van der Waals surface area contributed by atoms with Crippen molar-refractivity contribution in [3.05, 3.63) is 101 Å². The Balaban J connectivity index is 0.986. The Hall–Kier alpha value is -4.81. The number of alkyl halides is 3. The Bertz CT molecular complexity index is 2870. The van der Waals surface area contributed by atoms with Crippen LogP contribution in [0.5, 0.6) is 0 Å². The summed E-state index contributed by atoms with van der Waals surface area (Å²) in [6.45, 7) is 6.18. The maximum atomic E-state index is 14.1. The highest BCUT2D eigenvalue weighted by Crippen LogP contribution is 2.41. The number of piperidine rings is 2. The molecule has 0 amide bonds. The standard InChI is InChI=1S/C49H51Cl2F3N8/c50-37-29-60(25-3-1-7-31-17-21-55-22-18-31)43-11-5-9-35(45(37)43)47-57-39-15-14-34(28-40(39)58-47)62-42-16-13-33(49(52,53)54)27-41(42)59-48(62)36-10-6-12-44-46(36)38(51)30-61(44)26-4-2-8-32-19-23-56-24-20-32/h5-6,9-16,27-32,55-56H,1-4,7-8,17-26H2,(H,57,58). The van der Waals surface area contributed by atoms with Crippen LogP contribution in [0, 0.1) is 11.8 Å². The number of halogens is 5. The molecule has 4 aromatic carbocycles. The third-order valence-corrected chi connectivity index (χ3v) is 13.9. The lowest BCUT2D eigenvalue weighted by molar-refractivity contribution is -0.137. The van der Waals surface area contributed by atoms with Gasteiger partial charge in [0.05, 0.1) is 48.7 Å². The molecule has 0 bridgehead atoms. The second-order valence-electron chi connectivity index (χ2n) is 17.4. The van der Waals surface area contributed by atoms with Gasteiger partial charge < -0.3 is 24.8 Å². The number of H-pyrrole nitrogens is 1. The minimum absolute atomic E-state index is 0.239. The molecule has 2 aliphatic rings. The number of rotatable bonds is 13. The first-order valence-electron chi connectivity index (χ1n) is 22.3. The van der Waals surface area contributed by atoms with Gasteiger partial charge in [0.25, 0.3) is 0 Å². The van der Waals surface area contributed by atoms with Crippen LogP contribution in [0.15, 0.2) is 85.2 Å². The largest absolute Gasteiger partial charge is 0.416 e. The second kappa shape index (κ2) is 17.4. The summed E-state index contributed by atoms with van der Waals surface area (Å²) in [7, 11) is 0. The zero-order chi connectivity index (χ0) is 42.4. The number of aromatic nitrogens is 6. The first-order valence-corrected chi connectivity index (χ1v) is 23.0. The number of benzene rings is 4. The Morgan fingerprint density at radius 2 is 1.23 bits per heavy atom.